The number of methoxy groups -OCH3 is 1. The van der Waals surface area contributed by atoms with Gasteiger partial charge in [-0.05, 0) is 30.7 Å². The van der Waals surface area contributed by atoms with Crippen LogP contribution in [0.5, 0.6) is 0 Å². The Kier molecular flexibility index (Phi) is 4.72. The predicted octanol–water partition coefficient (Wildman–Crippen LogP) is 3.59. The van der Waals surface area contributed by atoms with Crippen molar-refractivity contribution < 1.29 is 14.3 Å². The second-order valence-corrected chi connectivity index (χ2v) is 5.80. The van der Waals surface area contributed by atoms with Crippen LogP contribution in [0.1, 0.15) is 33.5 Å². The number of carbonyl (C=O) groups is 2. The molecule has 0 bridgehead atoms. The SMILES string of the molecule is CCc1nc2cc(Cl)ccn2c1C(=O)Nc1cccc(C(=O)OC)c1. The number of anilines is 1. The fraction of sp³-hybridized carbons (Fsp3) is 0.167. The lowest BCUT2D eigenvalue weighted by atomic mass is 10.2. The lowest BCUT2D eigenvalue weighted by molar-refractivity contribution is 0.0600. The summed E-state index contributed by atoms with van der Waals surface area (Å²) >= 11 is 6.00. The molecular weight excluding hydrogens is 342 g/mol. The Morgan fingerprint density at radius 1 is 1.28 bits per heavy atom. The molecular formula is C18H16ClN3O3. The molecule has 0 radical (unpaired) electrons. The average Bonchev–Trinajstić information content (AvgIpc) is 2.98. The lowest BCUT2D eigenvalue weighted by Crippen LogP contribution is -2.16. The van der Waals surface area contributed by atoms with E-state index in [-0.39, 0.29) is 5.91 Å². The van der Waals surface area contributed by atoms with E-state index >= 15 is 0 Å². The molecule has 0 atom stereocenters. The molecule has 1 aromatic carbocycles. The Morgan fingerprint density at radius 3 is 2.80 bits per heavy atom. The molecule has 3 rings (SSSR count). The second-order valence-electron chi connectivity index (χ2n) is 5.36. The van der Waals surface area contributed by atoms with Gasteiger partial charge in [-0.2, -0.15) is 0 Å². The number of halogens is 1. The third-order valence-electron chi connectivity index (χ3n) is 3.75. The van der Waals surface area contributed by atoms with Crippen molar-refractivity contribution in [3.05, 3.63) is 64.6 Å². The van der Waals surface area contributed by atoms with E-state index in [2.05, 4.69) is 10.3 Å². The van der Waals surface area contributed by atoms with Crippen LogP contribution in [0.3, 0.4) is 0 Å². The van der Waals surface area contributed by atoms with Crippen LogP contribution in [0.15, 0.2) is 42.6 Å². The van der Waals surface area contributed by atoms with Gasteiger partial charge in [0.15, 0.2) is 0 Å². The van der Waals surface area contributed by atoms with E-state index in [4.69, 9.17) is 16.3 Å². The Morgan fingerprint density at radius 2 is 2.08 bits per heavy atom. The molecule has 1 N–H and O–H groups in total. The lowest BCUT2D eigenvalue weighted by Gasteiger charge is -2.08. The number of esters is 1. The maximum atomic E-state index is 12.8. The normalized spacial score (nSPS) is 10.7. The summed E-state index contributed by atoms with van der Waals surface area (Å²) in [7, 11) is 1.31. The molecule has 3 aromatic rings. The van der Waals surface area contributed by atoms with Gasteiger partial charge in [0.1, 0.15) is 11.3 Å². The number of benzene rings is 1. The number of imidazole rings is 1. The van der Waals surface area contributed by atoms with E-state index in [1.807, 2.05) is 6.92 Å². The first kappa shape index (κ1) is 17.0. The number of hydrogen-bond donors (Lipinski definition) is 1. The van der Waals surface area contributed by atoms with E-state index in [0.29, 0.717) is 39.7 Å². The first-order valence-corrected chi connectivity index (χ1v) is 8.07. The van der Waals surface area contributed by atoms with Crippen LogP contribution in [0.4, 0.5) is 5.69 Å². The quantitative estimate of drug-likeness (QED) is 0.724. The number of fused-ring (bicyclic) bond motifs is 1. The number of carbonyl (C=O) groups excluding carboxylic acids is 2. The summed E-state index contributed by atoms with van der Waals surface area (Å²) in [6.45, 7) is 1.93. The fourth-order valence-corrected chi connectivity index (χ4v) is 2.74. The first-order chi connectivity index (χ1) is 12.0. The molecule has 2 heterocycles. The number of aromatic nitrogens is 2. The first-order valence-electron chi connectivity index (χ1n) is 7.69. The minimum Gasteiger partial charge on any atom is -0.465 e. The number of aryl methyl sites for hydroxylation is 1. The van der Waals surface area contributed by atoms with E-state index in [1.54, 1.807) is 47.0 Å². The number of hydrogen-bond acceptors (Lipinski definition) is 4. The van der Waals surface area contributed by atoms with Crippen LogP contribution in [0.2, 0.25) is 5.02 Å². The minimum absolute atomic E-state index is 0.311. The Labute approximate surface area is 149 Å². The van der Waals surface area contributed by atoms with Gasteiger partial charge in [0.05, 0.1) is 18.4 Å². The largest absolute Gasteiger partial charge is 0.465 e. The number of nitrogens with zero attached hydrogens (tertiary/aromatic N) is 2. The van der Waals surface area contributed by atoms with Gasteiger partial charge < -0.3 is 10.1 Å². The van der Waals surface area contributed by atoms with Gasteiger partial charge in [0.25, 0.3) is 5.91 Å². The molecule has 0 fully saturated rings. The van der Waals surface area contributed by atoms with Crippen LogP contribution >= 0.6 is 11.6 Å². The standard InChI is InChI=1S/C18H16ClN3O3/c1-3-14-16(22-8-7-12(19)10-15(22)21-14)17(23)20-13-6-4-5-11(9-13)18(24)25-2/h4-10H,3H2,1-2H3,(H,20,23). The summed E-state index contributed by atoms with van der Waals surface area (Å²) in [5, 5.41) is 3.36. The number of ether oxygens (including phenoxy) is 1. The highest BCUT2D eigenvalue weighted by Gasteiger charge is 2.19. The topological polar surface area (TPSA) is 72.7 Å². The summed E-state index contributed by atoms with van der Waals surface area (Å²) < 4.78 is 6.39. The summed E-state index contributed by atoms with van der Waals surface area (Å²) in [6.07, 6.45) is 2.31. The second kappa shape index (κ2) is 6.94. The maximum absolute atomic E-state index is 12.8. The highest BCUT2D eigenvalue weighted by atomic mass is 35.5. The predicted molar refractivity (Wildman–Crippen MR) is 95.3 cm³/mol. The molecule has 7 heteroatoms. The van der Waals surface area contributed by atoms with Gasteiger partial charge in [0, 0.05) is 23.0 Å². The van der Waals surface area contributed by atoms with Crippen molar-refractivity contribution in [2.45, 2.75) is 13.3 Å². The van der Waals surface area contributed by atoms with Crippen molar-refractivity contribution in [1.29, 1.82) is 0 Å². The Bertz CT molecular complexity index is 965. The monoisotopic (exact) mass is 357 g/mol. The number of amides is 1. The summed E-state index contributed by atoms with van der Waals surface area (Å²) in [5.41, 5.74) is 2.58. The smallest absolute Gasteiger partial charge is 0.337 e. The Hall–Kier alpha value is -2.86. The molecule has 2 aromatic heterocycles. The zero-order chi connectivity index (χ0) is 18.0. The van der Waals surface area contributed by atoms with E-state index in [9.17, 15) is 9.59 Å². The van der Waals surface area contributed by atoms with Crippen LogP contribution in [0.25, 0.3) is 5.65 Å². The van der Waals surface area contributed by atoms with Crippen LogP contribution in [-0.4, -0.2) is 28.4 Å². The third-order valence-corrected chi connectivity index (χ3v) is 3.99. The van der Waals surface area contributed by atoms with Gasteiger partial charge in [-0.25, -0.2) is 9.78 Å². The molecule has 128 valence electrons. The zero-order valence-electron chi connectivity index (χ0n) is 13.7. The molecule has 0 saturated carbocycles. The van der Waals surface area contributed by atoms with Gasteiger partial charge in [-0.3, -0.25) is 9.20 Å². The molecule has 0 aliphatic carbocycles. The Balaban J connectivity index is 1.96. The summed E-state index contributed by atoms with van der Waals surface area (Å²) in [4.78, 5) is 28.9. The minimum atomic E-state index is -0.463. The molecule has 0 unspecified atom stereocenters. The molecule has 0 spiro atoms. The van der Waals surface area contributed by atoms with Crippen molar-refractivity contribution in [1.82, 2.24) is 9.38 Å². The van der Waals surface area contributed by atoms with E-state index in [1.165, 1.54) is 7.11 Å². The van der Waals surface area contributed by atoms with Crippen LogP contribution in [-0.2, 0) is 11.2 Å². The zero-order valence-corrected chi connectivity index (χ0v) is 14.5. The molecule has 1 amide bonds. The fourth-order valence-electron chi connectivity index (χ4n) is 2.59. The van der Waals surface area contributed by atoms with Crippen molar-refractivity contribution in [2.75, 3.05) is 12.4 Å². The molecule has 0 aliphatic heterocycles. The third kappa shape index (κ3) is 3.34. The van der Waals surface area contributed by atoms with Gasteiger partial charge >= 0.3 is 5.97 Å². The molecule has 0 aliphatic rings. The van der Waals surface area contributed by atoms with E-state index < -0.39 is 5.97 Å². The van der Waals surface area contributed by atoms with Gasteiger partial charge in [-0.1, -0.05) is 24.6 Å². The van der Waals surface area contributed by atoms with Crippen molar-refractivity contribution in [2.24, 2.45) is 0 Å². The summed E-state index contributed by atoms with van der Waals surface area (Å²) in [6, 6.07) is 9.97. The summed E-state index contributed by atoms with van der Waals surface area (Å²) in [5.74, 6) is -0.775. The highest BCUT2D eigenvalue weighted by Crippen LogP contribution is 2.19. The van der Waals surface area contributed by atoms with Crippen molar-refractivity contribution in [3.63, 3.8) is 0 Å². The van der Waals surface area contributed by atoms with Crippen molar-refractivity contribution >= 4 is 34.8 Å². The van der Waals surface area contributed by atoms with Crippen LogP contribution < -0.4 is 5.32 Å². The van der Waals surface area contributed by atoms with Gasteiger partial charge in [-0.15, -0.1) is 0 Å². The number of rotatable bonds is 4. The van der Waals surface area contributed by atoms with Gasteiger partial charge in [0.2, 0.25) is 0 Å². The molecule has 25 heavy (non-hydrogen) atoms. The average molecular weight is 358 g/mol. The highest BCUT2D eigenvalue weighted by molar-refractivity contribution is 6.30. The van der Waals surface area contributed by atoms with Crippen molar-refractivity contribution in [3.8, 4) is 0 Å². The number of pyridine rings is 1. The molecule has 6 nitrogen and oxygen atoms in total. The molecule has 0 saturated heterocycles. The maximum Gasteiger partial charge on any atom is 0.337 e. The van der Waals surface area contributed by atoms with Crippen LogP contribution in [0, 0.1) is 0 Å². The van der Waals surface area contributed by atoms with E-state index in [0.717, 1.165) is 0 Å². The number of nitrogens with one attached hydrogen (secondary N) is 1.